The van der Waals surface area contributed by atoms with E-state index in [4.69, 9.17) is 5.11 Å². The lowest BCUT2D eigenvalue weighted by Crippen LogP contribution is -2.02. The molecule has 1 rings (SSSR count). The first-order valence-electron chi connectivity index (χ1n) is 5.20. The molecule has 0 saturated heterocycles. The Kier molecular flexibility index (Phi) is 5.35. The van der Waals surface area contributed by atoms with E-state index in [1.165, 1.54) is 0 Å². The minimum Gasteiger partial charge on any atom is -0.478 e. The second-order valence-corrected chi connectivity index (χ2v) is 5.66. The number of aromatic carboxylic acids is 1. The Balaban J connectivity index is 2.87. The van der Waals surface area contributed by atoms with Crippen LogP contribution < -0.4 is 0 Å². The molecule has 0 radical (unpaired) electrons. The van der Waals surface area contributed by atoms with Gasteiger partial charge in [-0.1, -0.05) is 26.3 Å². The zero-order valence-electron chi connectivity index (χ0n) is 9.37. The third-order valence-corrected chi connectivity index (χ3v) is 4.46. The van der Waals surface area contributed by atoms with Crippen molar-refractivity contribution >= 4 is 33.7 Å². The summed E-state index contributed by atoms with van der Waals surface area (Å²) in [5.74, 6) is 0.678. The topological polar surface area (TPSA) is 37.3 Å². The number of benzene rings is 1. The number of carbonyl (C=O) groups is 1. The van der Waals surface area contributed by atoms with Crippen LogP contribution in [0.4, 0.5) is 0 Å². The van der Waals surface area contributed by atoms with Gasteiger partial charge in [0, 0.05) is 15.1 Å². The van der Waals surface area contributed by atoms with E-state index in [0.29, 0.717) is 16.0 Å². The highest BCUT2D eigenvalue weighted by Crippen LogP contribution is 2.30. The Bertz CT molecular complexity index is 379. The molecule has 0 aliphatic heterocycles. The molecule has 1 N–H and O–H groups in total. The largest absolute Gasteiger partial charge is 0.478 e. The van der Waals surface area contributed by atoms with Gasteiger partial charge in [0.05, 0.1) is 5.56 Å². The van der Waals surface area contributed by atoms with Gasteiger partial charge in [-0.25, -0.2) is 4.79 Å². The normalized spacial score (nSPS) is 12.4. The van der Waals surface area contributed by atoms with Crippen LogP contribution in [0.5, 0.6) is 0 Å². The Hall–Kier alpha value is -0.480. The molecule has 88 valence electrons. The molecule has 1 atom stereocenters. The summed E-state index contributed by atoms with van der Waals surface area (Å²) in [6.07, 6.45) is 1.11. The Morgan fingerprint density at radius 3 is 2.81 bits per heavy atom. The molecule has 0 aromatic heterocycles. The molecule has 0 heterocycles. The molecule has 0 amide bonds. The van der Waals surface area contributed by atoms with Gasteiger partial charge in [0.2, 0.25) is 0 Å². The number of thioether (sulfide) groups is 1. The highest BCUT2D eigenvalue weighted by Gasteiger charge is 2.14. The number of carboxylic acid groups (broad SMARTS) is 1. The molecule has 0 aliphatic rings. The Morgan fingerprint density at radius 1 is 1.56 bits per heavy atom. The van der Waals surface area contributed by atoms with Crippen molar-refractivity contribution in [3.05, 3.63) is 28.2 Å². The van der Waals surface area contributed by atoms with Crippen LogP contribution in [0.3, 0.4) is 0 Å². The summed E-state index contributed by atoms with van der Waals surface area (Å²) < 4.78 is 0.647. The van der Waals surface area contributed by atoms with Gasteiger partial charge in [-0.3, -0.25) is 0 Å². The molecule has 0 bridgehead atoms. The Labute approximate surface area is 109 Å². The van der Waals surface area contributed by atoms with Gasteiger partial charge in [0.25, 0.3) is 0 Å². The fourth-order valence-corrected chi connectivity index (χ4v) is 3.07. The third-order valence-electron chi connectivity index (χ3n) is 2.41. The summed E-state index contributed by atoms with van der Waals surface area (Å²) in [7, 11) is 0. The van der Waals surface area contributed by atoms with Crippen molar-refractivity contribution in [1.29, 1.82) is 0 Å². The molecule has 1 unspecified atom stereocenters. The minimum atomic E-state index is -0.876. The zero-order valence-corrected chi connectivity index (χ0v) is 11.8. The number of hydrogen-bond donors (Lipinski definition) is 1. The average Bonchev–Trinajstić information content (AvgIpc) is 2.25. The van der Waals surface area contributed by atoms with Gasteiger partial charge in [-0.2, -0.15) is 0 Å². The summed E-state index contributed by atoms with van der Waals surface area (Å²) in [5, 5.41) is 9.13. The smallest absolute Gasteiger partial charge is 0.337 e. The van der Waals surface area contributed by atoms with Gasteiger partial charge in [-0.05, 0) is 34.0 Å². The molecule has 0 spiro atoms. The van der Waals surface area contributed by atoms with Gasteiger partial charge in [0.15, 0.2) is 0 Å². The van der Waals surface area contributed by atoms with Gasteiger partial charge in [-0.15, -0.1) is 11.8 Å². The van der Waals surface area contributed by atoms with Crippen molar-refractivity contribution in [3.63, 3.8) is 0 Å². The molecular formula is C12H15BrO2S. The lowest BCUT2D eigenvalue weighted by atomic mass is 10.2. The lowest BCUT2D eigenvalue weighted by molar-refractivity contribution is 0.0692. The summed E-state index contributed by atoms with van der Waals surface area (Å²) >= 11 is 4.89. The van der Waals surface area contributed by atoms with Gasteiger partial charge >= 0.3 is 5.97 Å². The van der Waals surface area contributed by atoms with Crippen molar-refractivity contribution in [1.82, 2.24) is 0 Å². The monoisotopic (exact) mass is 302 g/mol. The second kappa shape index (κ2) is 6.30. The van der Waals surface area contributed by atoms with Crippen molar-refractivity contribution in [3.8, 4) is 0 Å². The van der Waals surface area contributed by atoms with Crippen molar-refractivity contribution in [2.45, 2.75) is 25.2 Å². The molecule has 4 heteroatoms. The van der Waals surface area contributed by atoms with E-state index in [-0.39, 0.29) is 0 Å². The molecule has 16 heavy (non-hydrogen) atoms. The first-order valence-corrected chi connectivity index (χ1v) is 6.98. The SMILES string of the molecule is CCC(C)CSc1cccc(Br)c1C(=O)O. The average molecular weight is 303 g/mol. The zero-order chi connectivity index (χ0) is 12.1. The number of carboxylic acids is 1. The summed E-state index contributed by atoms with van der Waals surface area (Å²) in [4.78, 5) is 11.9. The molecule has 0 fully saturated rings. The predicted octanol–water partition coefficient (Wildman–Crippen LogP) is 4.29. The van der Waals surface area contributed by atoms with E-state index in [1.807, 2.05) is 12.1 Å². The predicted molar refractivity (Wildman–Crippen MR) is 71.3 cm³/mol. The fraction of sp³-hybridized carbons (Fsp3) is 0.417. The van der Waals surface area contributed by atoms with E-state index < -0.39 is 5.97 Å². The van der Waals surface area contributed by atoms with Crippen LogP contribution in [0.15, 0.2) is 27.6 Å². The van der Waals surface area contributed by atoms with Crippen LogP contribution in [0.25, 0.3) is 0 Å². The maximum Gasteiger partial charge on any atom is 0.337 e. The van der Waals surface area contributed by atoms with Crippen LogP contribution >= 0.6 is 27.7 Å². The molecule has 0 aliphatic carbocycles. The van der Waals surface area contributed by atoms with Crippen LogP contribution in [0.2, 0.25) is 0 Å². The third kappa shape index (κ3) is 3.52. The summed E-state index contributed by atoms with van der Waals surface area (Å²) in [6, 6.07) is 5.49. The lowest BCUT2D eigenvalue weighted by Gasteiger charge is -2.10. The minimum absolute atomic E-state index is 0.371. The summed E-state index contributed by atoms with van der Waals surface area (Å²) in [5.41, 5.74) is 0.371. The fourth-order valence-electron chi connectivity index (χ4n) is 1.18. The quantitative estimate of drug-likeness (QED) is 0.825. The highest BCUT2D eigenvalue weighted by atomic mass is 79.9. The molecule has 1 aromatic rings. The van der Waals surface area contributed by atoms with Crippen LogP contribution in [-0.2, 0) is 0 Å². The highest BCUT2D eigenvalue weighted by molar-refractivity contribution is 9.10. The van der Waals surface area contributed by atoms with E-state index in [1.54, 1.807) is 17.8 Å². The number of rotatable bonds is 5. The standard InChI is InChI=1S/C12H15BrO2S/c1-3-8(2)7-16-10-6-4-5-9(13)11(10)12(14)15/h4-6,8H,3,7H2,1-2H3,(H,14,15). The van der Waals surface area contributed by atoms with Crippen molar-refractivity contribution < 1.29 is 9.90 Å². The number of halogens is 1. The van der Waals surface area contributed by atoms with Crippen LogP contribution in [0, 0.1) is 5.92 Å². The van der Waals surface area contributed by atoms with E-state index in [2.05, 4.69) is 29.8 Å². The van der Waals surface area contributed by atoms with Crippen LogP contribution in [-0.4, -0.2) is 16.8 Å². The first kappa shape index (κ1) is 13.6. The second-order valence-electron chi connectivity index (χ2n) is 3.74. The van der Waals surface area contributed by atoms with Gasteiger partial charge in [0.1, 0.15) is 0 Å². The summed E-state index contributed by atoms with van der Waals surface area (Å²) in [6.45, 7) is 4.32. The van der Waals surface area contributed by atoms with E-state index in [0.717, 1.165) is 17.1 Å². The first-order chi connectivity index (χ1) is 7.56. The van der Waals surface area contributed by atoms with Crippen LogP contribution in [0.1, 0.15) is 30.6 Å². The molecule has 1 aromatic carbocycles. The maximum atomic E-state index is 11.1. The maximum absolute atomic E-state index is 11.1. The Morgan fingerprint density at radius 2 is 2.25 bits per heavy atom. The van der Waals surface area contributed by atoms with Crippen molar-refractivity contribution in [2.24, 2.45) is 5.92 Å². The van der Waals surface area contributed by atoms with Crippen molar-refractivity contribution in [2.75, 3.05) is 5.75 Å². The number of hydrogen-bond acceptors (Lipinski definition) is 2. The molecule has 0 saturated carbocycles. The molecular weight excluding hydrogens is 288 g/mol. The van der Waals surface area contributed by atoms with E-state index >= 15 is 0 Å². The van der Waals surface area contributed by atoms with Gasteiger partial charge < -0.3 is 5.11 Å². The van der Waals surface area contributed by atoms with E-state index in [9.17, 15) is 4.79 Å². The molecule has 2 nitrogen and oxygen atoms in total.